The van der Waals surface area contributed by atoms with Crippen LogP contribution in [0, 0.1) is 5.82 Å². The van der Waals surface area contributed by atoms with Crippen LogP contribution in [0.1, 0.15) is 23.2 Å². The van der Waals surface area contributed by atoms with Crippen LogP contribution in [-0.2, 0) is 9.53 Å². The number of nitrogens with one attached hydrogen (secondary N) is 1. The highest BCUT2D eigenvalue weighted by molar-refractivity contribution is 5.87. The van der Waals surface area contributed by atoms with Gasteiger partial charge in [0.15, 0.2) is 0 Å². The average Bonchev–Trinajstić information content (AvgIpc) is 3.30. The largest absolute Gasteiger partial charge is 0.377 e. The Morgan fingerprint density at radius 2 is 2.19 bits per heavy atom. The second kappa shape index (κ2) is 5.81. The molecule has 1 N–H and O–H groups in total. The van der Waals surface area contributed by atoms with Gasteiger partial charge in [-0.2, -0.15) is 0 Å². The molecule has 1 aliphatic carbocycles. The molecule has 1 aromatic rings. The minimum atomic E-state index is -0.486. The lowest BCUT2D eigenvalue weighted by Gasteiger charge is -2.36. The number of anilines is 1. The number of hydrogen-bond donors (Lipinski definition) is 1. The Balaban J connectivity index is 1.84. The van der Waals surface area contributed by atoms with Gasteiger partial charge in [0.1, 0.15) is 18.1 Å². The predicted octanol–water partition coefficient (Wildman–Crippen LogP) is 1.12. The predicted molar refractivity (Wildman–Crippen MR) is 74.9 cm³/mol. The van der Waals surface area contributed by atoms with Gasteiger partial charge in [-0.15, -0.1) is 0 Å². The number of hydrogen-bond acceptors (Lipinski definition) is 4. The Kier molecular flexibility index (Phi) is 3.88. The van der Waals surface area contributed by atoms with Gasteiger partial charge in [-0.25, -0.2) is 4.39 Å². The lowest BCUT2D eigenvalue weighted by molar-refractivity contribution is -0.124. The molecule has 0 radical (unpaired) electrons. The maximum absolute atomic E-state index is 13.6. The smallest absolute Gasteiger partial charge is 0.245 e. The van der Waals surface area contributed by atoms with E-state index in [0.717, 1.165) is 12.8 Å². The molecule has 0 bridgehead atoms. The summed E-state index contributed by atoms with van der Waals surface area (Å²) in [7, 11) is 0. The molecule has 1 atom stereocenters. The van der Waals surface area contributed by atoms with Crippen molar-refractivity contribution in [3.8, 4) is 0 Å². The fourth-order valence-corrected chi connectivity index (χ4v) is 2.49. The second-order valence-electron chi connectivity index (χ2n) is 5.43. The molecule has 0 spiro atoms. The van der Waals surface area contributed by atoms with Crippen molar-refractivity contribution in [2.45, 2.75) is 24.9 Å². The van der Waals surface area contributed by atoms with E-state index in [9.17, 15) is 14.0 Å². The summed E-state index contributed by atoms with van der Waals surface area (Å²) in [6, 6.07) is 3.89. The summed E-state index contributed by atoms with van der Waals surface area (Å²) >= 11 is 0. The molecule has 112 valence electrons. The first kappa shape index (κ1) is 14.0. The fraction of sp³-hybridized carbons (Fsp3) is 0.467. The molecular formula is C15H17FN2O3. The van der Waals surface area contributed by atoms with Crippen LogP contribution in [0.2, 0.25) is 0 Å². The van der Waals surface area contributed by atoms with E-state index in [-0.39, 0.29) is 24.1 Å². The molecule has 6 heteroatoms. The maximum Gasteiger partial charge on any atom is 0.245 e. The summed E-state index contributed by atoms with van der Waals surface area (Å²) in [4.78, 5) is 25.0. The number of nitrogens with zero attached hydrogens (tertiary/aromatic N) is 1. The third kappa shape index (κ3) is 3.21. The molecule has 3 rings (SSSR count). The molecule has 1 unspecified atom stereocenters. The molecule has 2 aliphatic rings. The quantitative estimate of drug-likeness (QED) is 0.845. The van der Waals surface area contributed by atoms with Crippen molar-refractivity contribution >= 4 is 17.9 Å². The summed E-state index contributed by atoms with van der Waals surface area (Å²) in [5.41, 5.74) is 0.800. The summed E-state index contributed by atoms with van der Waals surface area (Å²) in [6.07, 6.45) is 2.62. The molecule has 5 nitrogen and oxygen atoms in total. The summed E-state index contributed by atoms with van der Waals surface area (Å²) in [5, 5.41) is 2.94. The van der Waals surface area contributed by atoms with Crippen molar-refractivity contribution in [1.29, 1.82) is 0 Å². The van der Waals surface area contributed by atoms with Gasteiger partial charge in [0, 0.05) is 23.8 Å². The number of carbonyl (C=O) groups is 2. The number of ether oxygens (including phenoxy) is 1. The summed E-state index contributed by atoms with van der Waals surface area (Å²) in [6.45, 7) is 1.23. The Hall–Kier alpha value is -1.95. The van der Waals surface area contributed by atoms with E-state index < -0.39 is 11.9 Å². The number of rotatable bonds is 4. The van der Waals surface area contributed by atoms with E-state index in [1.165, 1.54) is 12.1 Å². The van der Waals surface area contributed by atoms with Crippen LogP contribution in [0.5, 0.6) is 0 Å². The molecule has 1 saturated heterocycles. The summed E-state index contributed by atoms with van der Waals surface area (Å²) < 4.78 is 19.0. The van der Waals surface area contributed by atoms with Crippen molar-refractivity contribution in [3.63, 3.8) is 0 Å². The zero-order chi connectivity index (χ0) is 14.8. The molecule has 21 heavy (non-hydrogen) atoms. The SMILES string of the molecule is O=Cc1cc(F)cc(N2CCOCC2C(=O)NC2CC2)c1. The topological polar surface area (TPSA) is 58.6 Å². The van der Waals surface area contributed by atoms with Gasteiger partial charge >= 0.3 is 0 Å². The number of carbonyl (C=O) groups excluding carboxylic acids is 2. The highest BCUT2D eigenvalue weighted by Crippen LogP contribution is 2.24. The first-order chi connectivity index (χ1) is 10.2. The van der Waals surface area contributed by atoms with Crippen molar-refractivity contribution in [2.75, 3.05) is 24.7 Å². The van der Waals surface area contributed by atoms with Crippen LogP contribution in [0.25, 0.3) is 0 Å². The van der Waals surface area contributed by atoms with Crippen LogP contribution >= 0.6 is 0 Å². The van der Waals surface area contributed by atoms with Crippen molar-refractivity contribution in [2.24, 2.45) is 0 Å². The third-order valence-electron chi connectivity index (χ3n) is 3.73. The number of benzene rings is 1. The maximum atomic E-state index is 13.6. The monoisotopic (exact) mass is 292 g/mol. The zero-order valence-electron chi connectivity index (χ0n) is 11.5. The Bertz CT molecular complexity index is 560. The lowest BCUT2D eigenvalue weighted by atomic mass is 10.1. The Morgan fingerprint density at radius 1 is 1.38 bits per heavy atom. The average molecular weight is 292 g/mol. The molecule has 1 heterocycles. The fourth-order valence-electron chi connectivity index (χ4n) is 2.49. The lowest BCUT2D eigenvalue weighted by Crippen LogP contribution is -2.54. The van der Waals surface area contributed by atoms with Gasteiger partial charge in [-0.1, -0.05) is 0 Å². The molecule has 1 saturated carbocycles. The summed E-state index contributed by atoms with van der Waals surface area (Å²) in [5.74, 6) is -0.587. The Labute approximate surface area is 122 Å². The van der Waals surface area contributed by atoms with Crippen molar-refractivity contribution in [1.82, 2.24) is 5.32 Å². The first-order valence-corrected chi connectivity index (χ1v) is 7.08. The normalized spacial score (nSPS) is 22.0. The number of halogens is 1. The number of amides is 1. The highest BCUT2D eigenvalue weighted by Gasteiger charge is 2.33. The molecule has 1 aliphatic heterocycles. The van der Waals surface area contributed by atoms with Crippen LogP contribution in [0.3, 0.4) is 0 Å². The van der Waals surface area contributed by atoms with Gasteiger partial charge in [0.05, 0.1) is 13.2 Å². The molecule has 1 aromatic carbocycles. The molecule has 0 aromatic heterocycles. The van der Waals surface area contributed by atoms with Crippen LogP contribution in [0.15, 0.2) is 18.2 Å². The molecule has 1 amide bonds. The molecular weight excluding hydrogens is 275 g/mol. The van der Waals surface area contributed by atoms with Crippen LogP contribution < -0.4 is 10.2 Å². The van der Waals surface area contributed by atoms with E-state index in [2.05, 4.69) is 5.32 Å². The second-order valence-corrected chi connectivity index (χ2v) is 5.43. The van der Waals surface area contributed by atoms with Crippen molar-refractivity contribution in [3.05, 3.63) is 29.6 Å². The number of morpholine rings is 1. The Morgan fingerprint density at radius 3 is 2.90 bits per heavy atom. The molecule has 2 fully saturated rings. The van der Waals surface area contributed by atoms with E-state index in [4.69, 9.17) is 4.74 Å². The van der Waals surface area contributed by atoms with Crippen LogP contribution in [0.4, 0.5) is 10.1 Å². The van der Waals surface area contributed by atoms with Gasteiger partial charge < -0.3 is 15.0 Å². The van der Waals surface area contributed by atoms with Gasteiger partial charge in [0.2, 0.25) is 5.91 Å². The minimum absolute atomic E-state index is 0.103. The minimum Gasteiger partial charge on any atom is -0.377 e. The van der Waals surface area contributed by atoms with E-state index in [0.29, 0.717) is 25.1 Å². The zero-order valence-corrected chi connectivity index (χ0v) is 11.5. The first-order valence-electron chi connectivity index (χ1n) is 7.08. The highest BCUT2D eigenvalue weighted by atomic mass is 19.1. The third-order valence-corrected chi connectivity index (χ3v) is 3.73. The van der Waals surface area contributed by atoms with Crippen molar-refractivity contribution < 1.29 is 18.7 Å². The van der Waals surface area contributed by atoms with E-state index in [1.807, 2.05) is 0 Å². The van der Waals surface area contributed by atoms with E-state index in [1.54, 1.807) is 11.0 Å². The van der Waals surface area contributed by atoms with Gasteiger partial charge in [-0.05, 0) is 31.0 Å². The van der Waals surface area contributed by atoms with Crippen LogP contribution in [-0.4, -0.2) is 44.0 Å². The number of aldehydes is 1. The van der Waals surface area contributed by atoms with Gasteiger partial charge in [-0.3, -0.25) is 9.59 Å². The van der Waals surface area contributed by atoms with E-state index >= 15 is 0 Å². The standard InChI is InChI=1S/C15H17FN2O3/c16-11-5-10(8-19)6-13(7-11)18-3-4-21-9-14(18)15(20)17-12-1-2-12/h5-8,12,14H,1-4,9H2,(H,17,20). The van der Waals surface area contributed by atoms with Gasteiger partial charge in [0.25, 0.3) is 0 Å².